The van der Waals surface area contributed by atoms with E-state index in [1.165, 1.54) is 11.3 Å². The van der Waals surface area contributed by atoms with Gasteiger partial charge in [0.15, 0.2) is 5.13 Å². The van der Waals surface area contributed by atoms with E-state index in [2.05, 4.69) is 9.71 Å². The first-order valence-electron chi connectivity index (χ1n) is 7.60. The topological polar surface area (TPSA) is 59.1 Å². The van der Waals surface area contributed by atoms with E-state index in [1.807, 2.05) is 39.0 Å². The van der Waals surface area contributed by atoms with Crippen LogP contribution in [0.1, 0.15) is 16.0 Å². The Hall–Kier alpha value is -1.89. The van der Waals surface area contributed by atoms with Gasteiger partial charge in [-0.3, -0.25) is 4.72 Å². The summed E-state index contributed by atoms with van der Waals surface area (Å²) in [5, 5.41) is 0.997. The maximum Gasteiger partial charge on any atom is 0.263 e. The molecule has 0 radical (unpaired) electrons. The SMILES string of the molecule is Cc1ccc(S(=O)(=O)Nc2nc(-c3ccc(C)c(Cl)c3)c(C)s2)cc1. The molecule has 0 saturated carbocycles. The first-order valence-corrected chi connectivity index (χ1v) is 10.3. The molecule has 3 aromatic rings. The Bertz CT molecular complexity index is 1030. The lowest BCUT2D eigenvalue weighted by Crippen LogP contribution is -2.12. The van der Waals surface area contributed by atoms with Crippen LogP contribution in [0.25, 0.3) is 11.3 Å². The molecule has 0 fully saturated rings. The van der Waals surface area contributed by atoms with Gasteiger partial charge >= 0.3 is 0 Å². The molecule has 7 heteroatoms. The fraction of sp³-hybridized carbons (Fsp3) is 0.167. The number of thiazole rings is 1. The molecular weight excluding hydrogens is 376 g/mol. The summed E-state index contributed by atoms with van der Waals surface area (Å²) in [6.07, 6.45) is 0. The van der Waals surface area contributed by atoms with Gasteiger partial charge in [0.05, 0.1) is 10.6 Å². The van der Waals surface area contributed by atoms with Gasteiger partial charge in [-0.15, -0.1) is 11.3 Å². The second-order valence-corrected chi connectivity index (χ2v) is 9.10. The number of rotatable bonds is 4. The highest BCUT2D eigenvalue weighted by Gasteiger charge is 2.18. The monoisotopic (exact) mass is 392 g/mol. The summed E-state index contributed by atoms with van der Waals surface area (Å²) in [7, 11) is -3.66. The molecule has 130 valence electrons. The van der Waals surface area contributed by atoms with Crippen molar-refractivity contribution in [2.45, 2.75) is 25.7 Å². The Morgan fingerprint density at radius 2 is 1.72 bits per heavy atom. The molecule has 0 spiro atoms. The van der Waals surface area contributed by atoms with Crippen molar-refractivity contribution in [2.24, 2.45) is 0 Å². The maximum absolute atomic E-state index is 12.5. The van der Waals surface area contributed by atoms with Crippen molar-refractivity contribution in [3.63, 3.8) is 0 Å². The molecule has 3 rings (SSSR count). The zero-order valence-corrected chi connectivity index (χ0v) is 16.4. The second-order valence-electron chi connectivity index (χ2n) is 5.81. The van der Waals surface area contributed by atoms with E-state index in [0.717, 1.165) is 27.3 Å². The minimum atomic E-state index is -3.66. The summed E-state index contributed by atoms with van der Waals surface area (Å²) < 4.78 is 27.6. The lowest BCUT2D eigenvalue weighted by Gasteiger charge is -2.05. The standard InChI is InChI=1S/C18H17ClN2O2S2/c1-11-4-8-15(9-5-11)25(22,23)21-18-20-17(13(3)24-18)14-7-6-12(2)16(19)10-14/h4-10H,1-3H3,(H,20,21). The molecule has 2 aromatic carbocycles. The molecule has 0 aliphatic rings. The summed E-state index contributed by atoms with van der Waals surface area (Å²) in [5.41, 5.74) is 3.58. The number of sulfonamides is 1. The number of nitrogens with one attached hydrogen (secondary N) is 1. The number of nitrogens with zero attached hydrogens (tertiary/aromatic N) is 1. The van der Waals surface area contributed by atoms with Gasteiger partial charge in [0, 0.05) is 15.5 Å². The summed E-state index contributed by atoms with van der Waals surface area (Å²) in [6.45, 7) is 5.75. The Balaban J connectivity index is 1.92. The first kappa shape index (κ1) is 17.9. The van der Waals surface area contributed by atoms with E-state index in [1.54, 1.807) is 24.3 Å². The highest BCUT2D eigenvalue weighted by Crippen LogP contribution is 2.33. The Morgan fingerprint density at radius 1 is 1.04 bits per heavy atom. The first-order chi connectivity index (χ1) is 11.8. The second kappa shape index (κ2) is 6.78. The van der Waals surface area contributed by atoms with Crippen molar-refractivity contribution in [1.29, 1.82) is 0 Å². The van der Waals surface area contributed by atoms with Crippen molar-refractivity contribution in [3.8, 4) is 11.3 Å². The summed E-state index contributed by atoms with van der Waals surface area (Å²) in [6, 6.07) is 12.4. The molecule has 1 aromatic heterocycles. The zero-order valence-electron chi connectivity index (χ0n) is 14.0. The normalized spacial score (nSPS) is 11.5. The van der Waals surface area contributed by atoms with Crippen LogP contribution < -0.4 is 4.72 Å². The zero-order chi connectivity index (χ0) is 18.2. The molecule has 0 atom stereocenters. The van der Waals surface area contributed by atoms with Crippen molar-refractivity contribution in [1.82, 2.24) is 4.98 Å². The van der Waals surface area contributed by atoms with Crippen molar-refractivity contribution >= 4 is 38.1 Å². The number of hydrogen-bond donors (Lipinski definition) is 1. The Kier molecular flexibility index (Phi) is 4.86. The van der Waals surface area contributed by atoms with Crippen molar-refractivity contribution in [2.75, 3.05) is 4.72 Å². The Morgan fingerprint density at radius 3 is 2.36 bits per heavy atom. The van der Waals surface area contributed by atoms with Crippen LogP contribution in [0.2, 0.25) is 5.02 Å². The number of anilines is 1. The van der Waals surface area contributed by atoms with Gasteiger partial charge in [-0.1, -0.05) is 41.4 Å². The van der Waals surface area contributed by atoms with Gasteiger partial charge in [-0.05, 0) is 44.5 Å². The summed E-state index contributed by atoms with van der Waals surface area (Å²) >= 11 is 7.49. The molecule has 0 saturated heterocycles. The quantitative estimate of drug-likeness (QED) is 0.664. The van der Waals surface area contributed by atoms with E-state index >= 15 is 0 Å². The minimum Gasteiger partial charge on any atom is -0.255 e. The smallest absolute Gasteiger partial charge is 0.255 e. The third-order valence-corrected chi connectivity index (χ3v) is 6.57. The van der Waals surface area contributed by atoms with E-state index < -0.39 is 10.0 Å². The molecule has 4 nitrogen and oxygen atoms in total. The number of aromatic nitrogens is 1. The van der Waals surface area contributed by atoms with Crippen molar-refractivity contribution < 1.29 is 8.42 Å². The van der Waals surface area contributed by atoms with Gasteiger partial charge in [0.2, 0.25) is 0 Å². The molecule has 0 aliphatic heterocycles. The van der Waals surface area contributed by atoms with E-state index in [-0.39, 0.29) is 4.90 Å². The molecule has 0 unspecified atom stereocenters. The fourth-order valence-corrected chi connectivity index (χ4v) is 4.59. The number of benzene rings is 2. The highest BCUT2D eigenvalue weighted by atomic mass is 35.5. The molecule has 25 heavy (non-hydrogen) atoms. The van der Waals surface area contributed by atoms with Crippen LogP contribution in [0.4, 0.5) is 5.13 Å². The molecular formula is C18H17ClN2O2S2. The maximum atomic E-state index is 12.5. The van der Waals surface area contributed by atoms with E-state index in [4.69, 9.17) is 11.6 Å². The van der Waals surface area contributed by atoms with Crippen LogP contribution >= 0.6 is 22.9 Å². The summed E-state index contributed by atoms with van der Waals surface area (Å²) in [5.74, 6) is 0. The lowest BCUT2D eigenvalue weighted by atomic mass is 10.1. The van der Waals surface area contributed by atoms with Crippen LogP contribution in [0.5, 0.6) is 0 Å². The predicted molar refractivity (Wildman–Crippen MR) is 104 cm³/mol. The van der Waals surface area contributed by atoms with Crippen LogP contribution in [-0.4, -0.2) is 13.4 Å². The van der Waals surface area contributed by atoms with Gasteiger partial charge in [0.25, 0.3) is 10.0 Å². The minimum absolute atomic E-state index is 0.214. The predicted octanol–water partition coefficient (Wildman–Crippen LogP) is 5.19. The fourth-order valence-electron chi connectivity index (χ4n) is 2.34. The summed E-state index contributed by atoms with van der Waals surface area (Å²) in [4.78, 5) is 5.58. The van der Waals surface area contributed by atoms with E-state index in [9.17, 15) is 8.42 Å². The number of halogens is 1. The molecule has 0 bridgehead atoms. The van der Waals surface area contributed by atoms with Gasteiger partial charge in [-0.2, -0.15) is 0 Å². The highest BCUT2D eigenvalue weighted by molar-refractivity contribution is 7.93. The molecule has 1 heterocycles. The van der Waals surface area contributed by atoms with E-state index in [0.29, 0.717) is 10.2 Å². The molecule has 0 amide bonds. The number of hydrogen-bond acceptors (Lipinski definition) is 4. The van der Waals surface area contributed by atoms with Gasteiger partial charge in [0.1, 0.15) is 0 Å². The van der Waals surface area contributed by atoms with Gasteiger partial charge < -0.3 is 0 Å². The molecule has 1 N–H and O–H groups in total. The van der Waals surface area contributed by atoms with Crippen LogP contribution in [-0.2, 0) is 10.0 Å². The Labute approximate surface area is 156 Å². The van der Waals surface area contributed by atoms with Crippen molar-refractivity contribution in [3.05, 3.63) is 63.5 Å². The average Bonchev–Trinajstić information content (AvgIpc) is 2.90. The van der Waals surface area contributed by atoms with Gasteiger partial charge in [-0.25, -0.2) is 13.4 Å². The third kappa shape index (κ3) is 3.86. The molecule has 0 aliphatic carbocycles. The van der Waals surface area contributed by atoms with Crippen LogP contribution in [0.3, 0.4) is 0 Å². The third-order valence-electron chi connectivity index (χ3n) is 3.79. The van der Waals surface area contributed by atoms with Crippen LogP contribution in [0.15, 0.2) is 47.4 Å². The number of aryl methyl sites for hydroxylation is 3. The largest absolute Gasteiger partial charge is 0.263 e. The lowest BCUT2D eigenvalue weighted by molar-refractivity contribution is 0.601. The van der Waals surface area contributed by atoms with Crippen LogP contribution in [0, 0.1) is 20.8 Å². The average molecular weight is 393 g/mol.